The van der Waals surface area contributed by atoms with E-state index in [4.69, 9.17) is 14.6 Å². The molecule has 0 saturated heterocycles. The van der Waals surface area contributed by atoms with Crippen LogP contribution in [0.25, 0.3) is 0 Å². The smallest absolute Gasteiger partial charge is 0.303 e. The predicted molar refractivity (Wildman–Crippen MR) is 205 cm³/mol. The van der Waals surface area contributed by atoms with Crippen molar-refractivity contribution in [2.24, 2.45) is 0 Å². The van der Waals surface area contributed by atoms with Gasteiger partial charge >= 0.3 is 5.97 Å². The molecule has 53 heavy (non-hydrogen) atoms. The lowest BCUT2D eigenvalue weighted by atomic mass is 9.78. The topological polar surface area (TPSA) is 171 Å². The SMILES string of the molecule is CC[N+]1=C(/C=C/C=C/C=C/C=C2/N(CCCCCC(=O)O)c3ccc(S(=O)(=O)O)cc3C2(C)CCOCCOC)C(C)(C)c2cc(S(=O)(=O)O)ccc21. The van der Waals surface area contributed by atoms with E-state index in [0.717, 1.165) is 33.9 Å². The van der Waals surface area contributed by atoms with Gasteiger partial charge in [0.25, 0.3) is 20.2 Å². The van der Waals surface area contributed by atoms with Crippen LogP contribution in [0.15, 0.2) is 94.4 Å². The van der Waals surface area contributed by atoms with Crippen LogP contribution in [0.3, 0.4) is 0 Å². The molecule has 0 aromatic heterocycles. The summed E-state index contributed by atoms with van der Waals surface area (Å²) in [4.78, 5) is 12.9. The molecule has 2 aromatic rings. The van der Waals surface area contributed by atoms with Gasteiger partial charge in [0, 0.05) is 61.2 Å². The predicted octanol–water partition coefficient (Wildman–Crippen LogP) is 6.60. The number of hydrogen-bond donors (Lipinski definition) is 3. The molecule has 12 nitrogen and oxygen atoms in total. The summed E-state index contributed by atoms with van der Waals surface area (Å²) >= 11 is 0. The second-order valence-corrected chi connectivity index (χ2v) is 16.6. The first-order chi connectivity index (χ1) is 25.0. The lowest BCUT2D eigenvalue weighted by Gasteiger charge is -2.30. The molecule has 14 heteroatoms. The van der Waals surface area contributed by atoms with Crippen molar-refractivity contribution in [1.82, 2.24) is 0 Å². The van der Waals surface area contributed by atoms with Gasteiger partial charge in [0.2, 0.25) is 5.69 Å². The lowest BCUT2D eigenvalue weighted by Crippen LogP contribution is -2.30. The van der Waals surface area contributed by atoms with Crippen LogP contribution < -0.4 is 4.90 Å². The number of carboxylic acid groups (broad SMARTS) is 1. The molecule has 1 atom stereocenters. The fraction of sp³-hybridized carbons (Fsp3) is 0.436. The third-order valence-corrected chi connectivity index (χ3v) is 11.6. The highest BCUT2D eigenvalue weighted by Crippen LogP contribution is 2.51. The average Bonchev–Trinajstić information content (AvgIpc) is 3.45. The number of nitrogens with zero attached hydrogens (tertiary/aromatic N) is 2. The molecule has 0 aliphatic carbocycles. The molecule has 4 rings (SSSR count). The number of ether oxygens (including phenoxy) is 2. The normalized spacial score (nSPS) is 19.4. The van der Waals surface area contributed by atoms with Crippen molar-refractivity contribution in [3.05, 3.63) is 95.8 Å². The van der Waals surface area contributed by atoms with Crippen molar-refractivity contribution in [3.8, 4) is 0 Å². The van der Waals surface area contributed by atoms with Crippen LogP contribution in [0.2, 0.25) is 0 Å². The van der Waals surface area contributed by atoms with E-state index in [9.17, 15) is 30.7 Å². The molecule has 0 amide bonds. The van der Waals surface area contributed by atoms with Crippen molar-refractivity contribution < 1.29 is 49.9 Å². The lowest BCUT2D eigenvalue weighted by molar-refractivity contribution is -0.433. The van der Waals surface area contributed by atoms with Gasteiger partial charge in [0.1, 0.15) is 6.54 Å². The molecule has 0 fully saturated rings. The molecule has 2 heterocycles. The van der Waals surface area contributed by atoms with E-state index in [1.165, 1.54) is 24.3 Å². The first-order valence-corrected chi connectivity index (χ1v) is 20.5. The van der Waals surface area contributed by atoms with Crippen molar-refractivity contribution in [2.45, 2.75) is 80.4 Å². The summed E-state index contributed by atoms with van der Waals surface area (Å²) in [5.41, 5.74) is 3.95. The molecule has 0 bridgehead atoms. The molecular weight excluding hydrogens is 721 g/mol. The number of carbonyl (C=O) groups is 1. The van der Waals surface area contributed by atoms with Crippen LogP contribution in [0.1, 0.15) is 70.9 Å². The summed E-state index contributed by atoms with van der Waals surface area (Å²) in [7, 11) is -7.20. The fourth-order valence-electron chi connectivity index (χ4n) is 7.08. The Hall–Kier alpha value is -3.92. The number of fused-ring (bicyclic) bond motifs is 2. The second kappa shape index (κ2) is 17.5. The Kier molecular flexibility index (Phi) is 13.8. The Morgan fingerprint density at radius 1 is 0.849 bits per heavy atom. The minimum Gasteiger partial charge on any atom is -0.481 e. The van der Waals surface area contributed by atoms with Gasteiger partial charge in [0.05, 0.1) is 28.4 Å². The first-order valence-electron chi connectivity index (χ1n) is 17.6. The number of benzene rings is 2. The Bertz CT molecular complexity index is 2050. The number of hydrogen-bond acceptors (Lipinski definition) is 8. The van der Waals surface area contributed by atoms with Gasteiger partial charge < -0.3 is 19.5 Å². The van der Waals surface area contributed by atoms with Crippen LogP contribution in [-0.4, -0.2) is 87.3 Å². The van der Waals surface area contributed by atoms with Gasteiger partial charge in [0.15, 0.2) is 5.71 Å². The zero-order chi connectivity index (χ0) is 39.0. The summed E-state index contributed by atoms with van der Waals surface area (Å²) in [6, 6.07) is 9.29. The van der Waals surface area contributed by atoms with Crippen LogP contribution in [0.5, 0.6) is 0 Å². The van der Waals surface area contributed by atoms with Gasteiger partial charge in [-0.25, -0.2) is 0 Å². The largest absolute Gasteiger partial charge is 0.481 e. The fourth-order valence-corrected chi connectivity index (χ4v) is 8.09. The molecule has 2 aliphatic heterocycles. The maximum Gasteiger partial charge on any atom is 0.303 e. The maximum atomic E-state index is 12.2. The third-order valence-electron chi connectivity index (χ3n) is 9.89. The third kappa shape index (κ3) is 9.80. The zero-order valence-corrected chi connectivity index (χ0v) is 32.6. The van der Waals surface area contributed by atoms with Gasteiger partial charge in [-0.3, -0.25) is 13.9 Å². The van der Waals surface area contributed by atoms with Crippen LogP contribution >= 0.6 is 0 Å². The standard InChI is InChI=1S/C39H50N2O10S2/c1-6-40-33-20-18-29(52(44,45)46)27-31(33)38(2,3)35(40)15-11-8-7-9-12-16-36-39(4,22-24-51-26-25-50-5)32-28-30(53(47,48)49)19-21-34(32)41(36)23-14-10-13-17-37(42)43/h7-9,11-12,15-16,18-21,27-28H,6,10,13-14,17,22-26H2,1-5H3,(H2-,42,43,44,45,46,47,48,49)/p+1. The number of rotatable bonds is 19. The number of carboxylic acids is 1. The van der Waals surface area contributed by atoms with E-state index in [1.807, 2.05) is 70.2 Å². The van der Waals surface area contributed by atoms with E-state index >= 15 is 0 Å². The molecule has 1 unspecified atom stereocenters. The zero-order valence-electron chi connectivity index (χ0n) is 31.0. The van der Waals surface area contributed by atoms with E-state index in [-0.39, 0.29) is 16.2 Å². The second-order valence-electron chi connectivity index (χ2n) is 13.8. The number of methoxy groups -OCH3 is 1. The molecule has 288 valence electrons. The highest BCUT2D eigenvalue weighted by molar-refractivity contribution is 7.86. The van der Waals surface area contributed by atoms with Crippen molar-refractivity contribution in [3.63, 3.8) is 0 Å². The summed E-state index contributed by atoms with van der Waals surface area (Å²) in [5, 5.41) is 9.08. The first kappa shape index (κ1) is 41.8. The van der Waals surface area contributed by atoms with Crippen molar-refractivity contribution in [1.29, 1.82) is 0 Å². The number of allylic oxidation sites excluding steroid dienone is 8. The highest BCUT2D eigenvalue weighted by atomic mass is 32.2. The Labute approximate surface area is 313 Å². The summed E-state index contributed by atoms with van der Waals surface area (Å²) in [6.07, 6.45) is 16.0. The number of unbranched alkanes of at least 4 members (excludes halogenated alkanes) is 2. The minimum atomic E-state index is -4.46. The molecular formula is C39H51N2O10S2+. The molecule has 0 saturated carbocycles. The van der Waals surface area contributed by atoms with E-state index < -0.39 is 37.0 Å². The van der Waals surface area contributed by atoms with E-state index in [2.05, 4.69) is 9.48 Å². The summed E-state index contributed by atoms with van der Waals surface area (Å²) in [5.74, 6) is -0.837. The van der Waals surface area contributed by atoms with E-state index in [1.54, 1.807) is 19.2 Å². The van der Waals surface area contributed by atoms with Gasteiger partial charge in [-0.1, -0.05) is 36.8 Å². The van der Waals surface area contributed by atoms with Crippen molar-refractivity contribution >= 4 is 43.3 Å². The molecule has 3 N–H and O–H groups in total. The Morgan fingerprint density at radius 3 is 2.13 bits per heavy atom. The van der Waals surface area contributed by atoms with Gasteiger partial charge in [-0.2, -0.15) is 21.4 Å². The summed E-state index contributed by atoms with van der Waals surface area (Å²) in [6.45, 7) is 10.5. The average molecular weight is 772 g/mol. The van der Waals surface area contributed by atoms with Crippen LogP contribution in [-0.2, 0) is 45.3 Å². The maximum absolute atomic E-state index is 12.2. The van der Waals surface area contributed by atoms with E-state index in [0.29, 0.717) is 58.6 Å². The minimum absolute atomic E-state index is 0.0895. The van der Waals surface area contributed by atoms with Crippen molar-refractivity contribution in [2.75, 3.05) is 44.9 Å². The Morgan fingerprint density at radius 2 is 1.49 bits per heavy atom. The molecule has 0 spiro atoms. The number of aliphatic carboxylic acids is 1. The quantitative estimate of drug-likeness (QED) is 0.0608. The Balaban J connectivity index is 1.63. The van der Waals surface area contributed by atoms with Gasteiger partial charge in [-0.15, -0.1) is 0 Å². The molecule has 0 radical (unpaired) electrons. The van der Waals surface area contributed by atoms with Crippen LogP contribution in [0.4, 0.5) is 11.4 Å². The monoisotopic (exact) mass is 771 g/mol. The highest BCUT2D eigenvalue weighted by Gasteiger charge is 2.45. The molecule has 2 aliphatic rings. The number of anilines is 1. The van der Waals surface area contributed by atoms with Crippen LogP contribution in [0, 0.1) is 0 Å². The molecule has 2 aromatic carbocycles. The summed E-state index contributed by atoms with van der Waals surface area (Å²) < 4.78 is 80.6. The van der Waals surface area contributed by atoms with Gasteiger partial charge in [-0.05, 0) is 88.9 Å².